The van der Waals surface area contributed by atoms with E-state index in [-0.39, 0.29) is 0 Å². The zero-order chi connectivity index (χ0) is 15.8. The predicted molar refractivity (Wildman–Crippen MR) is 89.8 cm³/mol. The first-order valence-corrected chi connectivity index (χ1v) is 8.50. The Morgan fingerprint density at radius 2 is 2.17 bits per heavy atom. The highest BCUT2D eigenvalue weighted by molar-refractivity contribution is 7.18. The topological polar surface area (TPSA) is 58.8 Å². The van der Waals surface area contributed by atoms with Crippen molar-refractivity contribution in [3.63, 3.8) is 0 Å². The number of ether oxygens (including phenoxy) is 1. The van der Waals surface area contributed by atoms with E-state index in [1.807, 2.05) is 12.1 Å². The van der Waals surface area contributed by atoms with Gasteiger partial charge in [-0.1, -0.05) is 19.1 Å². The van der Waals surface area contributed by atoms with Crippen molar-refractivity contribution >= 4 is 21.6 Å². The van der Waals surface area contributed by atoms with Crippen molar-refractivity contribution in [3.05, 3.63) is 46.6 Å². The van der Waals surface area contributed by atoms with Crippen LogP contribution in [0.2, 0.25) is 0 Å². The molecule has 23 heavy (non-hydrogen) atoms. The summed E-state index contributed by atoms with van der Waals surface area (Å²) in [5.74, 6) is 1.82. The van der Waals surface area contributed by atoms with Gasteiger partial charge in [0.25, 0.3) is 0 Å². The van der Waals surface area contributed by atoms with Gasteiger partial charge in [-0.25, -0.2) is 9.97 Å². The maximum atomic E-state index is 9.23. The fourth-order valence-electron chi connectivity index (χ4n) is 3.08. The Hall–Kier alpha value is -2.45. The number of nitrogens with zero attached hydrogens (tertiary/aromatic N) is 3. The Balaban J connectivity index is 1.83. The molecule has 4 nitrogen and oxygen atoms in total. The average molecular weight is 321 g/mol. The second-order valence-electron chi connectivity index (χ2n) is 5.92. The zero-order valence-electron chi connectivity index (χ0n) is 12.7. The van der Waals surface area contributed by atoms with Crippen LogP contribution in [0, 0.1) is 17.2 Å². The molecule has 0 bridgehead atoms. The lowest BCUT2D eigenvalue weighted by Gasteiger charge is -2.18. The minimum absolute atomic E-state index is 0.511. The van der Waals surface area contributed by atoms with Gasteiger partial charge in [0.05, 0.1) is 10.9 Å². The normalized spacial score (nSPS) is 16.8. The molecule has 0 saturated carbocycles. The third-order valence-electron chi connectivity index (χ3n) is 4.27. The van der Waals surface area contributed by atoms with E-state index in [1.54, 1.807) is 23.5 Å². The summed E-state index contributed by atoms with van der Waals surface area (Å²) in [5, 5.41) is 10.3. The number of thiophene rings is 1. The molecule has 0 aliphatic heterocycles. The van der Waals surface area contributed by atoms with Crippen molar-refractivity contribution in [2.75, 3.05) is 0 Å². The maximum Gasteiger partial charge on any atom is 0.231 e. The van der Waals surface area contributed by atoms with Crippen LogP contribution in [0.1, 0.15) is 29.3 Å². The lowest BCUT2D eigenvalue weighted by Crippen LogP contribution is -2.08. The largest absolute Gasteiger partial charge is 0.437 e. The van der Waals surface area contributed by atoms with Crippen molar-refractivity contribution in [3.8, 4) is 17.7 Å². The molecule has 3 aromatic rings. The maximum absolute atomic E-state index is 9.23. The summed E-state index contributed by atoms with van der Waals surface area (Å²) >= 11 is 1.74. The number of para-hydroxylation sites is 1. The van der Waals surface area contributed by atoms with Gasteiger partial charge in [0, 0.05) is 4.88 Å². The standard InChI is InChI=1S/C18H15N3OS/c1-11-6-7-13-15(8-11)23-18-16(13)17(20-10-21-18)22-14-5-3-2-4-12(14)9-19/h2-5,10-11H,6-8H2,1H3. The molecule has 4 rings (SSSR count). The van der Waals surface area contributed by atoms with Crippen LogP contribution in [-0.4, -0.2) is 9.97 Å². The first-order chi connectivity index (χ1) is 11.3. The van der Waals surface area contributed by atoms with Crippen LogP contribution in [0.15, 0.2) is 30.6 Å². The molecule has 1 aromatic carbocycles. The van der Waals surface area contributed by atoms with Gasteiger partial charge >= 0.3 is 0 Å². The predicted octanol–water partition coefficient (Wildman–Crippen LogP) is 4.48. The molecule has 0 radical (unpaired) electrons. The zero-order valence-corrected chi connectivity index (χ0v) is 13.6. The van der Waals surface area contributed by atoms with E-state index in [0.29, 0.717) is 23.1 Å². The first kappa shape index (κ1) is 14.2. The molecule has 0 amide bonds. The monoisotopic (exact) mass is 321 g/mol. The van der Waals surface area contributed by atoms with E-state index >= 15 is 0 Å². The molecule has 2 aromatic heterocycles. The number of hydrogen-bond donors (Lipinski definition) is 0. The molecule has 0 fully saturated rings. The van der Waals surface area contributed by atoms with Crippen molar-refractivity contribution in [1.82, 2.24) is 9.97 Å². The molecule has 1 unspecified atom stereocenters. The van der Waals surface area contributed by atoms with Crippen LogP contribution in [-0.2, 0) is 12.8 Å². The number of benzene rings is 1. The van der Waals surface area contributed by atoms with E-state index in [4.69, 9.17) is 4.74 Å². The molecule has 1 aliphatic carbocycles. The van der Waals surface area contributed by atoms with Gasteiger partial charge in [-0.05, 0) is 42.9 Å². The average Bonchev–Trinajstić information content (AvgIpc) is 2.93. The van der Waals surface area contributed by atoms with Crippen LogP contribution < -0.4 is 4.74 Å². The summed E-state index contributed by atoms with van der Waals surface area (Å²) in [7, 11) is 0. The molecular weight excluding hydrogens is 306 g/mol. The van der Waals surface area contributed by atoms with Crippen LogP contribution >= 0.6 is 11.3 Å². The summed E-state index contributed by atoms with van der Waals surface area (Å²) in [6.45, 7) is 2.29. The molecule has 0 N–H and O–H groups in total. The summed E-state index contributed by atoms with van der Waals surface area (Å²) in [6.07, 6.45) is 4.87. The summed E-state index contributed by atoms with van der Waals surface area (Å²) < 4.78 is 6.00. The summed E-state index contributed by atoms with van der Waals surface area (Å²) in [5.41, 5.74) is 1.84. The van der Waals surface area contributed by atoms with E-state index in [0.717, 1.165) is 23.1 Å². The minimum atomic E-state index is 0.511. The molecule has 1 atom stereocenters. The number of aryl methyl sites for hydroxylation is 1. The van der Waals surface area contributed by atoms with Gasteiger partial charge in [-0.15, -0.1) is 11.3 Å². The molecule has 5 heteroatoms. The molecular formula is C18H15N3OS. The fraction of sp³-hybridized carbons (Fsp3) is 0.278. The Bertz CT molecular complexity index is 926. The smallest absolute Gasteiger partial charge is 0.231 e. The Morgan fingerprint density at radius 1 is 1.30 bits per heavy atom. The van der Waals surface area contributed by atoms with E-state index in [2.05, 4.69) is 23.0 Å². The summed E-state index contributed by atoms with van der Waals surface area (Å²) in [6, 6.07) is 9.40. The Labute approximate surface area is 138 Å². The van der Waals surface area contributed by atoms with Gasteiger partial charge in [0.1, 0.15) is 23.0 Å². The van der Waals surface area contributed by atoms with Gasteiger partial charge in [-0.3, -0.25) is 0 Å². The SMILES string of the molecule is CC1CCc2c(sc3ncnc(Oc4ccccc4C#N)c23)C1. The van der Waals surface area contributed by atoms with Crippen molar-refractivity contribution < 1.29 is 4.74 Å². The van der Waals surface area contributed by atoms with Crippen molar-refractivity contribution in [2.24, 2.45) is 5.92 Å². The van der Waals surface area contributed by atoms with Crippen LogP contribution in [0.25, 0.3) is 10.2 Å². The Morgan fingerprint density at radius 3 is 3.04 bits per heavy atom. The van der Waals surface area contributed by atoms with Crippen molar-refractivity contribution in [2.45, 2.75) is 26.2 Å². The third kappa shape index (κ3) is 2.45. The van der Waals surface area contributed by atoms with Crippen LogP contribution in [0.3, 0.4) is 0 Å². The Kier molecular flexibility index (Phi) is 3.47. The second-order valence-corrected chi connectivity index (χ2v) is 7.00. The molecule has 114 valence electrons. The van der Waals surface area contributed by atoms with E-state index < -0.39 is 0 Å². The second kappa shape index (κ2) is 5.64. The van der Waals surface area contributed by atoms with Crippen molar-refractivity contribution in [1.29, 1.82) is 5.26 Å². The number of nitriles is 1. The number of hydrogen-bond acceptors (Lipinski definition) is 5. The summed E-state index contributed by atoms with van der Waals surface area (Å²) in [4.78, 5) is 11.1. The fourth-order valence-corrected chi connectivity index (χ4v) is 4.42. The number of aromatic nitrogens is 2. The van der Waals surface area contributed by atoms with Gasteiger partial charge in [-0.2, -0.15) is 5.26 Å². The quantitative estimate of drug-likeness (QED) is 0.698. The van der Waals surface area contributed by atoms with Gasteiger partial charge < -0.3 is 4.74 Å². The highest BCUT2D eigenvalue weighted by atomic mass is 32.1. The number of rotatable bonds is 2. The number of fused-ring (bicyclic) bond motifs is 3. The minimum Gasteiger partial charge on any atom is -0.437 e. The lowest BCUT2D eigenvalue weighted by molar-refractivity contribution is 0.465. The third-order valence-corrected chi connectivity index (χ3v) is 5.43. The highest BCUT2D eigenvalue weighted by Gasteiger charge is 2.24. The first-order valence-electron chi connectivity index (χ1n) is 7.68. The lowest BCUT2D eigenvalue weighted by atomic mass is 9.89. The highest BCUT2D eigenvalue weighted by Crippen LogP contribution is 2.41. The van der Waals surface area contributed by atoms with Crippen LogP contribution in [0.4, 0.5) is 0 Å². The van der Waals surface area contributed by atoms with Gasteiger partial charge in [0.2, 0.25) is 5.88 Å². The van der Waals surface area contributed by atoms with Crippen LogP contribution in [0.5, 0.6) is 11.6 Å². The van der Waals surface area contributed by atoms with Gasteiger partial charge in [0.15, 0.2) is 0 Å². The van der Waals surface area contributed by atoms with E-state index in [9.17, 15) is 5.26 Å². The molecule has 1 aliphatic rings. The molecule has 0 spiro atoms. The van der Waals surface area contributed by atoms with E-state index in [1.165, 1.54) is 23.2 Å². The molecule has 0 saturated heterocycles. The molecule has 2 heterocycles.